The Morgan fingerprint density at radius 2 is 1.26 bits per heavy atom. The van der Waals surface area contributed by atoms with Gasteiger partial charge in [0.05, 0.1) is 19.0 Å². The molecule has 0 radical (unpaired) electrons. The minimum absolute atomic E-state index is 0.482. The first-order valence-corrected chi connectivity index (χ1v) is 14.2. The third kappa shape index (κ3) is 6.20. The summed E-state index contributed by atoms with van der Waals surface area (Å²) in [6, 6.07) is 9.08. The molecule has 5 rings (SSSR count). The van der Waals surface area contributed by atoms with E-state index >= 15 is 0 Å². The molecule has 3 heteroatoms. The van der Waals surface area contributed by atoms with Gasteiger partial charge in [0.2, 0.25) is 0 Å². The van der Waals surface area contributed by atoms with E-state index in [0.717, 1.165) is 30.2 Å². The molecule has 2 aromatic rings. The Morgan fingerprint density at radius 3 is 1.88 bits per heavy atom. The Morgan fingerprint density at radius 1 is 0.706 bits per heavy atom. The lowest BCUT2D eigenvalue weighted by Crippen LogP contribution is -2.64. The van der Waals surface area contributed by atoms with Crippen molar-refractivity contribution >= 4 is 0 Å². The lowest BCUT2D eigenvalue weighted by atomic mass is 9.32. The number of benzene rings is 1. The summed E-state index contributed by atoms with van der Waals surface area (Å²) in [5, 5.41) is 0. The van der Waals surface area contributed by atoms with Gasteiger partial charge in [0, 0.05) is 5.56 Å². The maximum absolute atomic E-state index is 5.83. The second-order valence-electron chi connectivity index (χ2n) is 11.3. The summed E-state index contributed by atoms with van der Waals surface area (Å²) in [6.45, 7) is 5.31. The highest BCUT2D eigenvalue weighted by molar-refractivity contribution is 5.56. The zero-order valence-corrected chi connectivity index (χ0v) is 21.8. The van der Waals surface area contributed by atoms with E-state index in [1.165, 1.54) is 102 Å². The molecule has 0 aliphatic heterocycles. The van der Waals surface area contributed by atoms with Gasteiger partial charge in [0.25, 0.3) is 0 Å². The summed E-state index contributed by atoms with van der Waals surface area (Å²) in [4.78, 5) is 9.12. The molecule has 0 N–H and O–H groups in total. The summed E-state index contributed by atoms with van der Waals surface area (Å²) >= 11 is 0. The molecular formula is C31H46N2O. The van der Waals surface area contributed by atoms with Crippen molar-refractivity contribution in [2.75, 3.05) is 6.61 Å². The van der Waals surface area contributed by atoms with Crippen molar-refractivity contribution in [2.24, 2.45) is 5.41 Å². The van der Waals surface area contributed by atoms with Crippen LogP contribution in [0.1, 0.15) is 122 Å². The molecule has 3 saturated carbocycles. The normalized spacial score (nSPS) is 22.8. The van der Waals surface area contributed by atoms with Crippen molar-refractivity contribution in [3.63, 3.8) is 0 Å². The summed E-state index contributed by atoms with van der Waals surface area (Å²) < 4.78 is 5.83. The van der Waals surface area contributed by atoms with Gasteiger partial charge in [0.15, 0.2) is 11.6 Å². The topological polar surface area (TPSA) is 35.0 Å². The highest BCUT2D eigenvalue weighted by Gasteiger charge is 2.67. The van der Waals surface area contributed by atoms with Crippen molar-refractivity contribution in [2.45, 2.75) is 122 Å². The Balaban J connectivity index is 1.17. The molecule has 0 amide bonds. The third-order valence-corrected chi connectivity index (χ3v) is 8.35. The van der Waals surface area contributed by atoms with Crippen LogP contribution in [0.5, 0.6) is 5.75 Å². The van der Waals surface area contributed by atoms with Crippen molar-refractivity contribution in [3.8, 4) is 17.1 Å². The van der Waals surface area contributed by atoms with Crippen LogP contribution >= 0.6 is 0 Å². The van der Waals surface area contributed by atoms with Crippen LogP contribution in [-0.2, 0) is 5.41 Å². The molecule has 3 fully saturated rings. The summed E-state index contributed by atoms with van der Waals surface area (Å²) in [6.07, 6.45) is 25.5. The quantitative estimate of drug-likeness (QED) is 0.220. The van der Waals surface area contributed by atoms with Crippen LogP contribution in [0, 0.1) is 5.41 Å². The number of rotatable bonds is 17. The molecule has 3 aliphatic carbocycles. The molecule has 3 aliphatic rings. The summed E-state index contributed by atoms with van der Waals surface area (Å²) in [5.74, 6) is 1.56. The van der Waals surface area contributed by atoms with Gasteiger partial charge in [-0.2, -0.15) is 0 Å². The molecule has 186 valence electrons. The fraction of sp³-hybridized carbons (Fsp3) is 0.677. The van der Waals surface area contributed by atoms with E-state index < -0.39 is 0 Å². The largest absolute Gasteiger partial charge is 0.490 e. The van der Waals surface area contributed by atoms with Crippen LogP contribution in [0.2, 0.25) is 0 Å². The highest BCUT2D eigenvalue weighted by Crippen LogP contribution is 2.75. The molecule has 3 nitrogen and oxygen atoms in total. The Kier molecular flexibility index (Phi) is 9.03. The van der Waals surface area contributed by atoms with Gasteiger partial charge < -0.3 is 4.74 Å². The van der Waals surface area contributed by atoms with E-state index in [0.29, 0.717) is 10.8 Å². The van der Waals surface area contributed by atoms with E-state index in [2.05, 4.69) is 48.1 Å². The molecule has 0 saturated heterocycles. The number of aromatic nitrogens is 2. The Labute approximate surface area is 208 Å². The molecule has 0 unspecified atom stereocenters. The van der Waals surface area contributed by atoms with E-state index in [1.54, 1.807) is 0 Å². The van der Waals surface area contributed by atoms with E-state index in [1.807, 2.05) is 12.4 Å². The van der Waals surface area contributed by atoms with Crippen LogP contribution < -0.4 is 4.74 Å². The number of unbranched alkanes of at least 4 members (excludes halogenated alkanes) is 10. The lowest BCUT2D eigenvalue weighted by molar-refractivity contribution is -0.147. The molecule has 1 heterocycles. The number of hydrogen-bond acceptors (Lipinski definition) is 3. The summed E-state index contributed by atoms with van der Waals surface area (Å²) in [7, 11) is 0. The first-order chi connectivity index (χ1) is 16.7. The van der Waals surface area contributed by atoms with E-state index in [4.69, 9.17) is 4.74 Å². The standard InChI is InChI=1S/C31H46N2O/c1-3-5-7-9-11-13-19-30-23-31(24-30,25-30)27-17-15-26(16-18-27)29-32-21-28(22-33-29)34-20-14-12-10-8-6-4-2/h15-18,21-22H,3-14,19-20,23-25H2,1-2H3. The van der Waals surface area contributed by atoms with Gasteiger partial charge in [-0.1, -0.05) is 109 Å². The average Bonchev–Trinajstić information content (AvgIpc) is 2.82. The molecule has 1 aromatic carbocycles. The van der Waals surface area contributed by atoms with Crippen LogP contribution in [0.25, 0.3) is 11.4 Å². The minimum Gasteiger partial charge on any atom is -0.490 e. The smallest absolute Gasteiger partial charge is 0.159 e. The van der Waals surface area contributed by atoms with Gasteiger partial charge >= 0.3 is 0 Å². The Hall–Kier alpha value is -1.90. The van der Waals surface area contributed by atoms with Crippen LogP contribution in [0.4, 0.5) is 0 Å². The highest BCUT2D eigenvalue weighted by atomic mass is 16.5. The fourth-order valence-electron chi connectivity index (χ4n) is 6.43. The lowest BCUT2D eigenvalue weighted by Gasteiger charge is -2.72. The van der Waals surface area contributed by atoms with Crippen molar-refractivity contribution in [1.82, 2.24) is 9.97 Å². The number of nitrogens with zero attached hydrogens (tertiary/aromatic N) is 2. The van der Waals surface area contributed by atoms with Crippen LogP contribution in [0.15, 0.2) is 36.7 Å². The van der Waals surface area contributed by atoms with Gasteiger partial charge in [-0.3, -0.25) is 0 Å². The van der Waals surface area contributed by atoms with Gasteiger partial charge in [0.1, 0.15) is 0 Å². The van der Waals surface area contributed by atoms with Crippen molar-refractivity contribution < 1.29 is 4.74 Å². The Bertz CT molecular complexity index is 838. The van der Waals surface area contributed by atoms with Crippen molar-refractivity contribution in [3.05, 3.63) is 42.2 Å². The predicted molar refractivity (Wildman–Crippen MR) is 142 cm³/mol. The molecule has 34 heavy (non-hydrogen) atoms. The second kappa shape index (κ2) is 12.2. The number of ether oxygens (including phenoxy) is 1. The average molecular weight is 463 g/mol. The van der Waals surface area contributed by atoms with E-state index in [-0.39, 0.29) is 0 Å². The zero-order valence-electron chi connectivity index (χ0n) is 21.8. The minimum atomic E-state index is 0.482. The fourth-order valence-corrected chi connectivity index (χ4v) is 6.43. The maximum Gasteiger partial charge on any atom is 0.159 e. The summed E-state index contributed by atoms with van der Waals surface area (Å²) in [5.41, 5.74) is 3.80. The predicted octanol–water partition coefficient (Wildman–Crippen LogP) is 9.06. The molecular weight excluding hydrogens is 416 g/mol. The molecule has 0 atom stereocenters. The second-order valence-corrected chi connectivity index (χ2v) is 11.3. The molecule has 1 aromatic heterocycles. The van der Waals surface area contributed by atoms with Gasteiger partial charge in [-0.05, 0) is 48.5 Å². The molecule has 2 bridgehead atoms. The first kappa shape index (κ1) is 25.2. The maximum atomic E-state index is 5.83. The number of hydrogen-bond donors (Lipinski definition) is 0. The first-order valence-electron chi connectivity index (χ1n) is 14.2. The van der Waals surface area contributed by atoms with E-state index in [9.17, 15) is 0 Å². The van der Waals surface area contributed by atoms with Crippen molar-refractivity contribution in [1.29, 1.82) is 0 Å². The van der Waals surface area contributed by atoms with Crippen LogP contribution in [-0.4, -0.2) is 16.6 Å². The monoisotopic (exact) mass is 462 g/mol. The molecule has 0 spiro atoms. The van der Waals surface area contributed by atoms with Crippen LogP contribution in [0.3, 0.4) is 0 Å². The van der Waals surface area contributed by atoms with Gasteiger partial charge in [-0.15, -0.1) is 0 Å². The third-order valence-electron chi connectivity index (χ3n) is 8.35. The SMILES string of the molecule is CCCCCCCCOc1cnc(-c2ccc(C34CC(CCCCCCCC)(C3)C4)cc2)nc1. The van der Waals surface area contributed by atoms with Gasteiger partial charge in [-0.25, -0.2) is 9.97 Å². The zero-order chi connectivity index (χ0) is 23.7.